The maximum absolute atomic E-state index is 12.2. The summed E-state index contributed by atoms with van der Waals surface area (Å²) in [6, 6.07) is 21.2. The van der Waals surface area contributed by atoms with Gasteiger partial charge in [-0.1, -0.05) is 60.7 Å². The molecule has 0 saturated carbocycles. The number of nitrogens with zero attached hydrogens (tertiary/aromatic N) is 2. The summed E-state index contributed by atoms with van der Waals surface area (Å²) < 4.78 is 5.61. The molecule has 1 N–H and O–H groups in total. The average Bonchev–Trinajstić information content (AvgIpc) is 2.68. The third kappa shape index (κ3) is 7.18. The fourth-order valence-electron chi connectivity index (χ4n) is 3.64. The van der Waals surface area contributed by atoms with Crippen molar-refractivity contribution < 1.29 is 9.53 Å². The highest BCUT2D eigenvalue weighted by Crippen LogP contribution is 2.17. The highest BCUT2D eigenvalue weighted by Gasteiger charge is 2.28. The molecule has 1 aliphatic rings. The Balaban J connectivity index is 1.63. The molecule has 1 atom stereocenters. The number of amides is 1. The smallest absolute Gasteiger partial charge is 0.407 e. The Kier molecular flexibility index (Phi) is 7.29. The average molecular weight is 396 g/mol. The number of piperazine rings is 1. The molecule has 29 heavy (non-hydrogen) atoms. The topological polar surface area (TPSA) is 44.8 Å². The first-order valence-electron chi connectivity index (χ1n) is 10.4. The van der Waals surface area contributed by atoms with Crippen molar-refractivity contribution in [3.63, 3.8) is 0 Å². The van der Waals surface area contributed by atoms with Crippen molar-refractivity contribution in [2.24, 2.45) is 0 Å². The minimum absolute atomic E-state index is 0.165. The van der Waals surface area contributed by atoms with Crippen LogP contribution in [0.25, 0.3) is 0 Å². The predicted octanol–water partition coefficient (Wildman–Crippen LogP) is 3.90. The van der Waals surface area contributed by atoms with E-state index in [1.807, 2.05) is 32.9 Å². The van der Waals surface area contributed by atoms with Crippen LogP contribution in [0.15, 0.2) is 60.7 Å². The number of hydrogen-bond donors (Lipinski definition) is 1. The normalized spacial score (nSPS) is 18.4. The molecule has 2 aromatic rings. The van der Waals surface area contributed by atoms with Gasteiger partial charge in [0, 0.05) is 38.3 Å². The van der Waals surface area contributed by atoms with E-state index >= 15 is 0 Å². The molecule has 0 aliphatic carbocycles. The van der Waals surface area contributed by atoms with Crippen LogP contribution in [0.4, 0.5) is 4.79 Å². The van der Waals surface area contributed by atoms with Crippen molar-refractivity contribution in [1.29, 1.82) is 0 Å². The summed E-state index contributed by atoms with van der Waals surface area (Å²) in [5.74, 6) is 0. The lowest BCUT2D eigenvalue weighted by Crippen LogP contribution is -2.54. The molecule has 1 aliphatic heterocycles. The SMILES string of the molecule is CC(C)(C)NC(=O)OCC1CN(Cc2ccccc2)CCN1Cc1ccccc1. The summed E-state index contributed by atoms with van der Waals surface area (Å²) in [4.78, 5) is 17.1. The van der Waals surface area contributed by atoms with Gasteiger partial charge in [0.05, 0.1) is 6.04 Å². The van der Waals surface area contributed by atoms with E-state index in [2.05, 4.69) is 63.6 Å². The first kappa shape index (κ1) is 21.3. The van der Waals surface area contributed by atoms with Crippen LogP contribution >= 0.6 is 0 Å². The molecule has 1 saturated heterocycles. The van der Waals surface area contributed by atoms with Crippen LogP contribution in [-0.4, -0.2) is 53.7 Å². The molecule has 1 amide bonds. The van der Waals surface area contributed by atoms with Gasteiger partial charge < -0.3 is 10.1 Å². The van der Waals surface area contributed by atoms with E-state index in [4.69, 9.17) is 4.74 Å². The Morgan fingerprint density at radius 2 is 1.55 bits per heavy atom. The number of nitrogens with one attached hydrogen (secondary N) is 1. The summed E-state index contributed by atoms with van der Waals surface area (Å²) in [6.07, 6.45) is -0.350. The molecular formula is C24H33N3O2. The number of carbonyl (C=O) groups is 1. The monoisotopic (exact) mass is 395 g/mol. The van der Waals surface area contributed by atoms with Crippen LogP contribution in [0, 0.1) is 0 Å². The van der Waals surface area contributed by atoms with Crippen LogP contribution in [-0.2, 0) is 17.8 Å². The minimum Gasteiger partial charge on any atom is -0.448 e. The van der Waals surface area contributed by atoms with E-state index in [0.717, 1.165) is 32.7 Å². The molecule has 2 aromatic carbocycles. The highest BCUT2D eigenvalue weighted by molar-refractivity contribution is 5.68. The number of rotatable bonds is 6. The summed E-state index contributed by atoms with van der Waals surface area (Å²) in [5, 5.41) is 2.88. The second-order valence-corrected chi connectivity index (χ2v) is 8.80. The van der Waals surface area contributed by atoms with Crippen LogP contribution in [0.5, 0.6) is 0 Å². The molecule has 0 radical (unpaired) electrons. The van der Waals surface area contributed by atoms with Crippen LogP contribution < -0.4 is 5.32 Å². The Labute approximate surface area is 174 Å². The fourth-order valence-corrected chi connectivity index (χ4v) is 3.64. The van der Waals surface area contributed by atoms with Gasteiger partial charge in [0.2, 0.25) is 0 Å². The first-order chi connectivity index (χ1) is 13.9. The van der Waals surface area contributed by atoms with Gasteiger partial charge in [0.1, 0.15) is 6.61 Å². The molecule has 1 heterocycles. The van der Waals surface area contributed by atoms with Gasteiger partial charge in [-0.15, -0.1) is 0 Å². The molecule has 156 valence electrons. The number of carbonyl (C=O) groups excluding carboxylic acids is 1. The molecule has 0 bridgehead atoms. The number of alkyl carbamates (subject to hydrolysis) is 1. The van der Waals surface area contributed by atoms with Crippen LogP contribution in [0.3, 0.4) is 0 Å². The maximum atomic E-state index is 12.2. The Bertz CT molecular complexity index is 759. The molecule has 5 heteroatoms. The van der Waals surface area contributed by atoms with E-state index in [1.165, 1.54) is 11.1 Å². The van der Waals surface area contributed by atoms with Gasteiger partial charge in [-0.25, -0.2) is 4.79 Å². The Morgan fingerprint density at radius 3 is 2.14 bits per heavy atom. The molecule has 3 rings (SSSR count). The van der Waals surface area contributed by atoms with E-state index in [0.29, 0.717) is 6.61 Å². The second kappa shape index (κ2) is 9.90. The zero-order valence-corrected chi connectivity index (χ0v) is 17.8. The fraction of sp³-hybridized carbons (Fsp3) is 0.458. The van der Waals surface area contributed by atoms with Crippen molar-refractivity contribution in [3.8, 4) is 0 Å². The van der Waals surface area contributed by atoms with Gasteiger partial charge >= 0.3 is 6.09 Å². The van der Waals surface area contributed by atoms with Crippen LogP contribution in [0.2, 0.25) is 0 Å². The van der Waals surface area contributed by atoms with Crippen molar-refractivity contribution in [3.05, 3.63) is 71.8 Å². The zero-order valence-electron chi connectivity index (χ0n) is 17.8. The number of benzene rings is 2. The Morgan fingerprint density at radius 1 is 0.966 bits per heavy atom. The number of ether oxygens (including phenoxy) is 1. The number of hydrogen-bond acceptors (Lipinski definition) is 4. The molecule has 1 fully saturated rings. The molecule has 1 unspecified atom stereocenters. The molecule has 0 spiro atoms. The van der Waals surface area contributed by atoms with Crippen molar-refractivity contribution in [2.75, 3.05) is 26.2 Å². The van der Waals surface area contributed by atoms with Gasteiger partial charge in [0.25, 0.3) is 0 Å². The largest absolute Gasteiger partial charge is 0.448 e. The first-order valence-corrected chi connectivity index (χ1v) is 10.4. The standard InChI is InChI=1S/C24H33N3O2/c1-24(2,3)25-23(28)29-19-22-18-26(16-20-10-6-4-7-11-20)14-15-27(22)17-21-12-8-5-9-13-21/h4-13,22H,14-19H2,1-3H3,(H,25,28). The van der Waals surface area contributed by atoms with E-state index in [1.54, 1.807) is 0 Å². The second-order valence-electron chi connectivity index (χ2n) is 8.80. The van der Waals surface area contributed by atoms with E-state index in [-0.39, 0.29) is 17.7 Å². The highest BCUT2D eigenvalue weighted by atomic mass is 16.5. The summed E-state index contributed by atoms with van der Waals surface area (Å²) in [5.41, 5.74) is 2.30. The lowest BCUT2D eigenvalue weighted by atomic mass is 10.1. The predicted molar refractivity (Wildman–Crippen MR) is 117 cm³/mol. The van der Waals surface area contributed by atoms with Crippen molar-refractivity contribution in [1.82, 2.24) is 15.1 Å². The molecule has 5 nitrogen and oxygen atoms in total. The van der Waals surface area contributed by atoms with Crippen molar-refractivity contribution >= 4 is 6.09 Å². The third-order valence-electron chi connectivity index (χ3n) is 5.05. The van der Waals surface area contributed by atoms with Gasteiger partial charge in [-0.2, -0.15) is 0 Å². The van der Waals surface area contributed by atoms with Gasteiger partial charge in [-0.05, 0) is 31.9 Å². The minimum atomic E-state index is -0.350. The summed E-state index contributed by atoms with van der Waals surface area (Å²) >= 11 is 0. The van der Waals surface area contributed by atoms with Gasteiger partial charge in [0.15, 0.2) is 0 Å². The molecular weight excluding hydrogens is 362 g/mol. The zero-order chi connectivity index (χ0) is 20.7. The van der Waals surface area contributed by atoms with Crippen LogP contribution in [0.1, 0.15) is 31.9 Å². The Hall–Kier alpha value is -2.37. The molecule has 0 aromatic heterocycles. The quantitative estimate of drug-likeness (QED) is 0.806. The third-order valence-corrected chi connectivity index (χ3v) is 5.05. The summed E-state index contributed by atoms with van der Waals surface area (Å²) in [7, 11) is 0. The van der Waals surface area contributed by atoms with E-state index < -0.39 is 0 Å². The van der Waals surface area contributed by atoms with Gasteiger partial charge in [-0.3, -0.25) is 9.80 Å². The summed E-state index contributed by atoms with van der Waals surface area (Å²) in [6.45, 7) is 10.9. The lowest BCUT2D eigenvalue weighted by Gasteiger charge is -2.41. The lowest BCUT2D eigenvalue weighted by molar-refractivity contribution is 0.0220. The van der Waals surface area contributed by atoms with E-state index in [9.17, 15) is 4.79 Å². The van der Waals surface area contributed by atoms with Crippen molar-refractivity contribution in [2.45, 2.75) is 45.4 Å². The maximum Gasteiger partial charge on any atom is 0.407 e.